The minimum absolute atomic E-state index is 0.228. The predicted molar refractivity (Wildman–Crippen MR) is 117 cm³/mol. The second kappa shape index (κ2) is 10.6. The number of nitrogens with zero attached hydrogens (tertiary/aromatic N) is 1. The van der Waals surface area contributed by atoms with E-state index in [9.17, 15) is 23.7 Å². The Balaban J connectivity index is 1.71. The predicted octanol–water partition coefficient (Wildman–Crippen LogP) is 1.48. The quantitative estimate of drug-likeness (QED) is 0.201. The molecule has 0 radical (unpaired) electrons. The SMILES string of the molecule is C#C[C@]1(C)[C@@H]2O[P@](=O)(OC[C@H](CC(=O)OC(C)C)OC(C)=O)OC[C@H]2O[C@H]1N1C=CC(=O)CC1=O. The van der Waals surface area contributed by atoms with Crippen molar-refractivity contribution in [1.82, 2.24) is 4.90 Å². The molecule has 2 fully saturated rings. The molecule has 0 aliphatic carbocycles. The summed E-state index contributed by atoms with van der Waals surface area (Å²) >= 11 is 0. The van der Waals surface area contributed by atoms with Crippen LogP contribution in [0.4, 0.5) is 0 Å². The molecule has 0 saturated carbocycles. The van der Waals surface area contributed by atoms with Gasteiger partial charge in [-0.3, -0.25) is 37.6 Å². The number of fused-ring (bicyclic) bond motifs is 1. The molecule has 0 aromatic heterocycles. The van der Waals surface area contributed by atoms with E-state index in [1.807, 2.05) is 0 Å². The Labute approximate surface area is 202 Å². The fourth-order valence-electron chi connectivity index (χ4n) is 3.91. The van der Waals surface area contributed by atoms with Gasteiger partial charge in [-0.25, -0.2) is 4.57 Å². The molecule has 3 rings (SSSR count). The second-order valence-electron chi connectivity index (χ2n) is 8.75. The van der Waals surface area contributed by atoms with Crippen molar-refractivity contribution in [3.05, 3.63) is 12.3 Å². The highest BCUT2D eigenvalue weighted by atomic mass is 31.2. The summed E-state index contributed by atoms with van der Waals surface area (Å²) in [5.74, 6) is 0.408. The van der Waals surface area contributed by atoms with Gasteiger partial charge in [-0.1, -0.05) is 5.92 Å². The topological polar surface area (TPSA) is 144 Å². The van der Waals surface area contributed by atoms with Crippen LogP contribution in [0.1, 0.15) is 40.5 Å². The number of phosphoric ester groups is 1. The molecule has 12 nitrogen and oxygen atoms in total. The Morgan fingerprint density at radius 1 is 1.34 bits per heavy atom. The normalized spacial score (nSPS) is 33.3. The monoisotopic (exact) mass is 513 g/mol. The maximum absolute atomic E-state index is 13.2. The van der Waals surface area contributed by atoms with Crippen molar-refractivity contribution < 1.29 is 51.5 Å². The lowest BCUT2D eigenvalue weighted by Gasteiger charge is -2.37. The molecular formula is C22H28NO11P. The summed E-state index contributed by atoms with van der Waals surface area (Å²) in [6.07, 6.45) is 3.40. The van der Waals surface area contributed by atoms with Crippen LogP contribution in [0.5, 0.6) is 0 Å². The van der Waals surface area contributed by atoms with Gasteiger partial charge in [0.05, 0.1) is 32.2 Å². The maximum Gasteiger partial charge on any atom is 0.475 e. The molecule has 3 aliphatic heterocycles. The largest absolute Gasteiger partial charge is 0.475 e. The third kappa shape index (κ3) is 6.18. The molecular weight excluding hydrogens is 485 g/mol. The Morgan fingerprint density at radius 3 is 2.66 bits per heavy atom. The van der Waals surface area contributed by atoms with Crippen molar-refractivity contribution in [2.24, 2.45) is 5.41 Å². The van der Waals surface area contributed by atoms with Crippen molar-refractivity contribution in [3.8, 4) is 12.3 Å². The van der Waals surface area contributed by atoms with Crippen LogP contribution in [0.2, 0.25) is 0 Å². The van der Waals surface area contributed by atoms with E-state index in [1.165, 1.54) is 17.2 Å². The maximum atomic E-state index is 13.2. The van der Waals surface area contributed by atoms with Crippen LogP contribution < -0.4 is 0 Å². The number of terminal acetylenes is 1. The minimum atomic E-state index is -4.23. The third-order valence-electron chi connectivity index (χ3n) is 5.50. The molecule has 3 aliphatic rings. The Bertz CT molecular complexity index is 1000. The van der Waals surface area contributed by atoms with Gasteiger partial charge in [0.2, 0.25) is 5.91 Å². The molecule has 0 aromatic rings. The molecule has 0 N–H and O–H groups in total. The Hall–Kier alpha value is -2.55. The second-order valence-corrected chi connectivity index (χ2v) is 10.4. The molecule has 0 bridgehead atoms. The molecule has 6 atom stereocenters. The number of amides is 1. The number of ether oxygens (including phenoxy) is 3. The zero-order valence-corrected chi connectivity index (χ0v) is 20.7. The van der Waals surface area contributed by atoms with E-state index < -0.39 is 62.2 Å². The van der Waals surface area contributed by atoms with Crippen LogP contribution in [-0.4, -0.2) is 72.4 Å². The number of rotatable bonds is 8. The van der Waals surface area contributed by atoms with E-state index in [4.69, 9.17) is 34.2 Å². The highest BCUT2D eigenvalue weighted by molar-refractivity contribution is 7.48. The van der Waals surface area contributed by atoms with Crippen LogP contribution in [0.25, 0.3) is 0 Å². The van der Waals surface area contributed by atoms with Crippen molar-refractivity contribution in [1.29, 1.82) is 0 Å². The average Bonchev–Trinajstić information content (AvgIpc) is 3.03. The first kappa shape index (κ1) is 27.0. The van der Waals surface area contributed by atoms with Gasteiger partial charge >= 0.3 is 19.8 Å². The number of ketones is 1. The third-order valence-corrected chi connectivity index (χ3v) is 6.91. The number of hydrogen-bond acceptors (Lipinski definition) is 11. The van der Waals surface area contributed by atoms with E-state index in [2.05, 4.69) is 5.92 Å². The minimum Gasteiger partial charge on any atom is -0.463 e. The molecule has 0 aromatic carbocycles. The van der Waals surface area contributed by atoms with Gasteiger partial charge in [-0.2, -0.15) is 0 Å². The van der Waals surface area contributed by atoms with Crippen molar-refractivity contribution in [3.63, 3.8) is 0 Å². The first-order chi connectivity index (χ1) is 16.4. The van der Waals surface area contributed by atoms with E-state index in [0.717, 1.165) is 6.92 Å². The summed E-state index contributed by atoms with van der Waals surface area (Å²) in [7, 11) is -4.23. The molecule has 1 amide bonds. The molecule has 3 heterocycles. The average molecular weight is 513 g/mol. The van der Waals surface area contributed by atoms with Crippen LogP contribution in [0, 0.1) is 17.8 Å². The van der Waals surface area contributed by atoms with Gasteiger partial charge in [0.25, 0.3) is 0 Å². The van der Waals surface area contributed by atoms with Crippen molar-refractivity contribution >= 4 is 31.5 Å². The van der Waals surface area contributed by atoms with Crippen molar-refractivity contribution in [2.45, 2.75) is 71.2 Å². The number of carbonyl (C=O) groups excluding carboxylic acids is 4. The number of esters is 2. The van der Waals surface area contributed by atoms with Gasteiger partial charge in [-0.15, -0.1) is 6.42 Å². The Kier molecular flexibility index (Phi) is 8.19. The first-order valence-electron chi connectivity index (χ1n) is 11.0. The molecule has 2 saturated heterocycles. The lowest BCUT2D eigenvalue weighted by atomic mass is 9.82. The summed E-state index contributed by atoms with van der Waals surface area (Å²) in [5.41, 5.74) is -1.27. The molecule has 35 heavy (non-hydrogen) atoms. The van der Waals surface area contributed by atoms with Crippen LogP contribution >= 0.6 is 7.82 Å². The van der Waals surface area contributed by atoms with E-state index in [1.54, 1.807) is 20.8 Å². The van der Waals surface area contributed by atoms with Crippen LogP contribution in [-0.2, 0) is 51.5 Å². The van der Waals surface area contributed by atoms with Crippen LogP contribution in [0.15, 0.2) is 12.3 Å². The van der Waals surface area contributed by atoms with Crippen molar-refractivity contribution in [2.75, 3.05) is 13.2 Å². The summed E-state index contributed by atoms with van der Waals surface area (Å²) in [4.78, 5) is 48.6. The van der Waals surface area contributed by atoms with Gasteiger partial charge in [0.15, 0.2) is 12.0 Å². The van der Waals surface area contributed by atoms with Gasteiger partial charge < -0.3 is 14.2 Å². The number of allylic oxidation sites excluding steroid dienone is 1. The summed E-state index contributed by atoms with van der Waals surface area (Å²) in [5, 5.41) is 0. The van der Waals surface area contributed by atoms with E-state index in [0.29, 0.717) is 0 Å². The molecule has 0 unspecified atom stereocenters. The molecule has 13 heteroatoms. The van der Waals surface area contributed by atoms with Crippen LogP contribution in [0.3, 0.4) is 0 Å². The van der Waals surface area contributed by atoms with Gasteiger partial charge in [0, 0.05) is 13.1 Å². The van der Waals surface area contributed by atoms with E-state index >= 15 is 0 Å². The molecule has 192 valence electrons. The fraction of sp³-hybridized carbons (Fsp3) is 0.636. The smallest absolute Gasteiger partial charge is 0.463 e. The number of hydrogen-bond donors (Lipinski definition) is 0. The standard InChI is InChI=1S/C22H28NO11P/c1-6-22(5)20-17(33-21(22)23-8-7-15(25)9-18(23)26)12-30-35(28,34-20)29-11-16(32-14(4)24)10-19(27)31-13(2)3/h1,7-8,13,16-17,20-21H,9-12H2,2-5H3/t16-,17+,20+,21+,22+,35+/m0/s1. The zero-order valence-electron chi connectivity index (χ0n) is 19.8. The lowest BCUT2D eigenvalue weighted by molar-refractivity contribution is -0.157. The zero-order chi connectivity index (χ0) is 26.0. The molecule has 0 spiro atoms. The van der Waals surface area contributed by atoms with Gasteiger partial charge in [-0.05, 0) is 26.8 Å². The first-order valence-corrected chi connectivity index (χ1v) is 12.4. The highest BCUT2D eigenvalue weighted by Crippen LogP contribution is 2.59. The summed E-state index contributed by atoms with van der Waals surface area (Å²) < 4.78 is 45.6. The van der Waals surface area contributed by atoms with Gasteiger partial charge in [0.1, 0.15) is 23.7 Å². The van der Waals surface area contributed by atoms with E-state index in [-0.39, 0.29) is 31.3 Å². The highest BCUT2D eigenvalue weighted by Gasteiger charge is 2.61. The lowest BCUT2D eigenvalue weighted by Crippen LogP contribution is -2.49. The number of phosphoric acid groups is 1. The Morgan fingerprint density at radius 2 is 2.06 bits per heavy atom. The summed E-state index contributed by atoms with van der Waals surface area (Å²) in [6, 6.07) is 0. The fourth-order valence-corrected chi connectivity index (χ4v) is 5.42. The summed E-state index contributed by atoms with van der Waals surface area (Å²) in [6.45, 7) is 5.37. The number of carbonyl (C=O) groups is 4.